The highest BCUT2D eigenvalue weighted by atomic mass is 15.0. The second-order valence-corrected chi connectivity index (χ2v) is 5.52. The number of benzene rings is 2. The second-order valence-electron chi connectivity index (χ2n) is 5.52. The third-order valence-electron chi connectivity index (χ3n) is 4.03. The van der Waals surface area contributed by atoms with Crippen LogP contribution in [0, 0.1) is 0 Å². The fourth-order valence-electron chi connectivity index (χ4n) is 3.11. The second kappa shape index (κ2) is 4.16. The van der Waals surface area contributed by atoms with E-state index in [2.05, 4.69) is 73.8 Å². The summed E-state index contributed by atoms with van der Waals surface area (Å²) in [6.07, 6.45) is 1.13. The Bertz CT molecular complexity index is 547. The smallest absolute Gasteiger partial charge is 0.0603 e. The Morgan fingerprint density at radius 2 is 1.67 bits per heavy atom. The van der Waals surface area contributed by atoms with Crippen molar-refractivity contribution in [3.8, 4) is 0 Å². The molecule has 2 aromatic carbocycles. The van der Waals surface area contributed by atoms with Gasteiger partial charge in [-0.1, -0.05) is 55.5 Å². The van der Waals surface area contributed by atoms with Crippen LogP contribution in [0.25, 0.3) is 0 Å². The Hall–Kier alpha value is -1.76. The van der Waals surface area contributed by atoms with Crippen LogP contribution < -0.4 is 5.32 Å². The molecule has 0 amide bonds. The molecule has 0 saturated carbocycles. The number of nitrogens with one attached hydrogen (secondary N) is 1. The lowest BCUT2D eigenvalue weighted by atomic mass is 9.77. The van der Waals surface area contributed by atoms with Gasteiger partial charge in [-0.3, -0.25) is 0 Å². The van der Waals surface area contributed by atoms with Crippen LogP contribution in [0.1, 0.15) is 37.3 Å². The van der Waals surface area contributed by atoms with Gasteiger partial charge >= 0.3 is 0 Å². The van der Waals surface area contributed by atoms with Gasteiger partial charge in [0.05, 0.1) is 5.54 Å². The predicted molar refractivity (Wildman–Crippen MR) is 76.9 cm³/mol. The predicted octanol–water partition coefficient (Wildman–Crippen LogP) is 4.52. The standard InChI is InChI=1S/C17H19N/c1-13-12-17(2,14-8-4-3-5-9-14)18-16-11-7-6-10-15(13)16/h3-11,13,18H,12H2,1-2H3/t13-,17+/m1/s1. The topological polar surface area (TPSA) is 12.0 Å². The number of para-hydroxylation sites is 1. The van der Waals surface area contributed by atoms with Crippen molar-refractivity contribution in [1.82, 2.24) is 0 Å². The van der Waals surface area contributed by atoms with E-state index in [-0.39, 0.29) is 5.54 Å². The third kappa shape index (κ3) is 1.80. The zero-order chi connectivity index (χ0) is 12.6. The van der Waals surface area contributed by atoms with Gasteiger partial charge in [0, 0.05) is 5.69 Å². The summed E-state index contributed by atoms with van der Waals surface area (Å²) in [7, 11) is 0. The van der Waals surface area contributed by atoms with E-state index < -0.39 is 0 Å². The molecule has 1 aliphatic rings. The highest BCUT2D eigenvalue weighted by Gasteiger charge is 2.34. The van der Waals surface area contributed by atoms with E-state index in [0.29, 0.717) is 5.92 Å². The number of hydrogen-bond acceptors (Lipinski definition) is 1. The summed E-state index contributed by atoms with van der Waals surface area (Å²) >= 11 is 0. The molecule has 0 aromatic heterocycles. The van der Waals surface area contributed by atoms with Crippen LogP contribution in [0.2, 0.25) is 0 Å². The molecule has 0 aliphatic carbocycles. The molecule has 1 heteroatoms. The van der Waals surface area contributed by atoms with Gasteiger partial charge in [-0.05, 0) is 36.5 Å². The number of hydrogen-bond donors (Lipinski definition) is 1. The number of fused-ring (bicyclic) bond motifs is 1. The van der Waals surface area contributed by atoms with Gasteiger partial charge in [0.2, 0.25) is 0 Å². The van der Waals surface area contributed by atoms with Crippen LogP contribution in [0.3, 0.4) is 0 Å². The molecule has 1 aliphatic heterocycles. The van der Waals surface area contributed by atoms with Gasteiger partial charge < -0.3 is 5.32 Å². The van der Waals surface area contributed by atoms with Gasteiger partial charge in [0.15, 0.2) is 0 Å². The SMILES string of the molecule is C[C@@H]1C[C@@](C)(c2ccccc2)Nc2ccccc21. The highest BCUT2D eigenvalue weighted by molar-refractivity contribution is 5.58. The Morgan fingerprint density at radius 1 is 1.00 bits per heavy atom. The van der Waals surface area contributed by atoms with Crippen molar-refractivity contribution in [3.63, 3.8) is 0 Å². The van der Waals surface area contributed by atoms with E-state index >= 15 is 0 Å². The van der Waals surface area contributed by atoms with Crippen LogP contribution in [-0.2, 0) is 5.54 Å². The molecule has 3 rings (SSSR count). The maximum atomic E-state index is 3.72. The Morgan fingerprint density at radius 3 is 2.44 bits per heavy atom. The van der Waals surface area contributed by atoms with Crippen molar-refractivity contribution in [3.05, 3.63) is 65.7 Å². The molecule has 18 heavy (non-hydrogen) atoms. The third-order valence-corrected chi connectivity index (χ3v) is 4.03. The Labute approximate surface area is 109 Å². The summed E-state index contributed by atoms with van der Waals surface area (Å²) in [5.41, 5.74) is 4.12. The van der Waals surface area contributed by atoms with Crippen molar-refractivity contribution in [1.29, 1.82) is 0 Å². The summed E-state index contributed by atoms with van der Waals surface area (Å²) in [4.78, 5) is 0. The average Bonchev–Trinajstić information content (AvgIpc) is 2.40. The molecule has 2 aromatic rings. The maximum Gasteiger partial charge on any atom is 0.0603 e. The minimum absolute atomic E-state index is 0.0367. The largest absolute Gasteiger partial charge is 0.376 e. The van der Waals surface area contributed by atoms with Crippen molar-refractivity contribution in [2.45, 2.75) is 31.7 Å². The van der Waals surface area contributed by atoms with Crippen LogP contribution in [-0.4, -0.2) is 0 Å². The lowest BCUT2D eigenvalue weighted by Crippen LogP contribution is -2.37. The molecular formula is C17H19N. The first-order valence-electron chi connectivity index (χ1n) is 6.62. The number of rotatable bonds is 1. The quantitative estimate of drug-likeness (QED) is 0.769. The molecule has 92 valence electrons. The zero-order valence-electron chi connectivity index (χ0n) is 11.0. The molecule has 1 heterocycles. The first-order chi connectivity index (χ1) is 8.69. The van der Waals surface area contributed by atoms with Gasteiger partial charge in [-0.25, -0.2) is 0 Å². The van der Waals surface area contributed by atoms with Crippen molar-refractivity contribution >= 4 is 5.69 Å². The Kier molecular flexibility index (Phi) is 2.62. The van der Waals surface area contributed by atoms with E-state index in [4.69, 9.17) is 0 Å². The lowest BCUT2D eigenvalue weighted by molar-refractivity contribution is 0.434. The Balaban J connectivity index is 2.03. The first kappa shape index (κ1) is 11.3. The normalized spacial score (nSPS) is 26.2. The highest BCUT2D eigenvalue weighted by Crippen LogP contribution is 2.43. The summed E-state index contributed by atoms with van der Waals surface area (Å²) in [5.74, 6) is 0.590. The van der Waals surface area contributed by atoms with Gasteiger partial charge in [0.25, 0.3) is 0 Å². The summed E-state index contributed by atoms with van der Waals surface area (Å²) in [5, 5.41) is 3.72. The van der Waals surface area contributed by atoms with E-state index in [1.54, 1.807) is 0 Å². The maximum absolute atomic E-state index is 3.72. The summed E-state index contributed by atoms with van der Waals surface area (Å²) < 4.78 is 0. The summed E-state index contributed by atoms with van der Waals surface area (Å²) in [6.45, 7) is 4.62. The molecule has 2 atom stereocenters. The molecular weight excluding hydrogens is 218 g/mol. The molecule has 0 spiro atoms. The van der Waals surface area contributed by atoms with Crippen LogP contribution in [0.4, 0.5) is 5.69 Å². The molecule has 0 bridgehead atoms. The van der Waals surface area contributed by atoms with E-state index in [9.17, 15) is 0 Å². The number of anilines is 1. The van der Waals surface area contributed by atoms with E-state index in [1.165, 1.54) is 16.8 Å². The lowest BCUT2D eigenvalue weighted by Gasteiger charge is -2.40. The molecule has 0 saturated heterocycles. The van der Waals surface area contributed by atoms with Crippen molar-refractivity contribution < 1.29 is 0 Å². The van der Waals surface area contributed by atoms with E-state index in [0.717, 1.165) is 6.42 Å². The van der Waals surface area contributed by atoms with Crippen LogP contribution >= 0.6 is 0 Å². The van der Waals surface area contributed by atoms with Crippen molar-refractivity contribution in [2.24, 2.45) is 0 Å². The summed E-state index contributed by atoms with van der Waals surface area (Å²) in [6, 6.07) is 19.4. The fourth-order valence-corrected chi connectivity index (χ4v) is 3.11. The molecule has 0 radical (unpaired) electrons. The zero-order valence-corrected chi connectivity index (χ0v) is 11.0. The molecule has 0 unspecified atom stereocenters. The van der Waals surface area contributed by atoms with Crippen molar-refractivity contribution in [2.75, 3.05) is 5.32 Å². The molecule has 0 fully saturated rings. The van der Waals surface area contributed by atoms with Gasteiger partial charge in [-0.15, -0.1) is 0 Å². The fraction of sp³-hybridized carbons (Fsp3) is 0.294. The monoisotopic (exact) mass is 237 g/mol. The average molecular weight is 237 g/mol. The molecule has 1 nitrogen and oxygen atoms in total. The van der Waals surface area contributed by atoms with E-state index in [1.807, 2.05) is 0 Å². The first-order valence-corrected chi connectivity index (χ1v) is 6.62. The molecule has 1 N–H and O–H groups in total. The van der Waals surface area contributed by atoms with Gasteiger partial charge in [0.1, 0.15) is 0 Å². The van der Waals surface area contributed by atoms with Crippen LogP contribution in [0.15, 0.2) is 54.6 Å². The van der Waals surface area contributed by atoms with Gasteiger partial charge in [-0.2, -0.15) is 0 Å². The van der Waals surface area contributed by atoms with Crippen LogP contribution in [0.5, 0.6) is 0 Å². The minimum Gasteiger partial charge on any atom is -0.376 e. The minimum atomic E-state index is 0.0367.